The Morgan fingerprint density at radius 3 is 3.10 bits per heavy atom. The first-order valence-corrected chi connectivity index (χ1v) is 6.50. The van der Waals surface area contributed by atoms with Gasteiger partial charge in [-0.2, -0.15) is 10.4 Å². The lowest BCUT2D eigenvalue weighted by atomic mass is 10.1. The van der Waals surface area contributed by atoms with Crippen LogP contribution in [0.4, 0.5) is 0 Å². The smallest absolute Gasteiger partial charge is 0.254 e. The second-order valence-electron chi connectivity index (χ2n) is 4.99. The van der Waals surface area contributed by atoms with Crippen molar-refractivity contribution < 1.29 is 4.79 Å². The summed E-state index contributed by atoms with van der Waals surface area (Å²) in [7, 11) is 1.78. The number of amides is 1. The molecule has 1 heterocycles. The van der Waals surface area contributed by atoms with Gasteiger partial charge >= 0.3 is 0 Å². The number of aryl methyl sites for hydroxylation is 2. The molecule has 1 atom stereocenters. The van der Waals surface area contributed by atoms with Crippen LogP contribution in [0.25, 0.3) is 0 Å². The molecule has 0 aliphatic heterocycles. The van der Waals surface area contributed by atoms with Gasteiger partial charge < -0.3 is 5.32 Å². The molecule has 2 aromatic rings. The summed E-state index contributed by atoms with van der Waals surface area (Å²) < 4.78 is 1.61. The molecule has 0 saturated heterocycles. The van der Waals surface area contributed by atoms with Gasteiger partial charge in [-0.15, -0.1) is 0 Å². The van der Waals surface area contributed by atoms with E-state index in [0.717, 1.165) is 24.0 Å². The molecule has 1 aliphatic rings. The predicted octanol–water partition coefficient (Wildman–Crippen LogP) is 1.71. The largest absolute Gasteiger partial charge is 0.345 e. The number of hydrogen-bond donors (Lipinski definition) is 1. The van der Waals surface area contributed by atoms with Gasteiger partial charge in [-0.3, -0.25) is 9.48 Å². The van der Waals surface area contributed by atoms with Crippen molar-refractivity contribution in [2.45, 2.75) is 18.9 Å². The zero-order chi connectivity index (χ0) is 14.1. The van der Waals surface area contributed by atoms with Gasteiger partial charge in [0.15, 0.2) is 0 Å². The van der Waals surface area contributed by atoms with Gasteiger partial charge in [-0.1, -0.05) is 6.07 Å². The number of benzene rings is 1. The summed E-state index contributed by atoms with van der Waals surface area (Å²) in [5.74, 6) is -0.111. The van der Waals surface area contributed by atoms with Crippen LogP contribution in [-0.4, -0.2) is 15.7 Å². The molecule has 100 valence electrons. The number of nitriles is 1. The number of nitrogens with zero attached hydrogens (tertiary/aromatic N) is 3. The highest BCUT2D eigenvalue weighted by molar-refractivity contribution is 5.94. The van der Waals surface area contributed by atoms with Crippen molar-refractivity contribution in [3.05, 3.63) is 52.8 Å². The number of carbonyl (C=O) groups excluding carboxylic acids is 1. The summed E-state index contributed by atoms with van der Waals surface area (Å²) in [6, 6.07) is 7.81. The van der Waals surface area contributed by atoms with Gasteiger partial charge in [0.1, 0.15) is 0 Å². The molecule has 0 bridgehead atoms. The molecule has 3 rings (SSSR count). The lowest BCUT2D eigenvalue weighted by Gasteiger charge is -2.13. The number of rotatable bonds is 2. The van der Waals surface area contributed by atoms with Gasteiger partial charge in [0, 0.05) is 13.2 Å². The molecule has 0 spiro atoms. The van der Waals surface area contributed by atoms with Crippen LogP contribution >= 0.6 is 0 Å². The molecule has 1 aliphatic carbocycles. The fourth-order valence-corrected chi connectivity index (χ4v) is 2.62. The average Bonchev–Trinajstić information content (AvgIpc) is 3.05. The van der Waals surface area contributed by atoms with E-state index in [4.69, 9.17) is 5.26 Å². The molecular formula is C15H14N4O. The molecule has 0 saturated carbocycles. The lowest BCUT2D eigenvalue weighted by molar-refractivity contribution is 0.0936. The van der Waals surface area contributed by atoms with Crippen molar-refractivity contribution in [3.63, 3.8) is 0 Å². The third kappa shape index (κ3) is 2.16. The minimum absolute atomic E-state index is 0.0189. The van der Waals surface area contributed by atoms with Crippen LogP contribution in [-0.2, 0) is 13.5 Å². The maximum absolute atomic E-state index is 12.1. The number of hydrogen-bond acceptors (Lipinski definition) is 3. The Kier molecular flexibility index (Phi) is 2.99. The van der Waals surface area contributed by atoms with Gasteiger partial charge in [-0.25, -0.2) is 0 Å². The monoisotopic (exact) mass is 266 g/mol. The first-order valence-electron chi connectivity index (χ1n) is 6.50. The standard InChI is InChI=1S/C15H14N4O/c1-19-9-12(8-17-19)15(20)18-14-5-3-11-6-10(7-16)2-4-13(11)14/h2,4,6,8-9,14H,3,5H2,1H3,(H,18,20). The molecule has 5 heteroatoms. The van der Waals surface area contributed by atoms with Gasteiger partial charge in [0.25, 0.3) is 5.91 Å². The minimum atomic E-state index is -0.111. The summed E-state index contributed by atoms with van der Waals surface area (Å²) in [5.41, 5.74) is 3.50. The van der Waals surface area contributed by atoms with Crippen molar-refractivity contribution in [1.82, 2.24) is 15.1 Å². The van der Waals surface area contributed by atoms with Crippen LogP contribution in [0, 0.1) is 11.3 Å². The van der Waals surface area contributed by atoms with E-state index < -0.39 is 0 Å². The van der Waals surface area contributed by atoms with Crippen molar-refractivity contribution in [2.75, 3.05) is 0 Å². The third-order valence-electron chi connectivity index (χ3n) is 3.62. The molecule has 20 heavy (non-hydrogen) atoms. The summed E-state index contributed by atoms with van der Waals surface area (Å²) in [4.78, 5) is 12.1. The van der Waals surface area contributed by atoms with Crippen molar-refractivity contribution in [3.8, 4) is 6.07 Å². The maximum Gasteiger partial charge on any atom is 0.254 e. The summed E-state index contributed by atoms with van der Waals surface area (Å²) in [6.07, 6.45) is 5.02. The quantitative estimate of drug-likeness (QED) is 0.899. The van der Waals surface area contributed by atoms with Crippen molar-refractivity contribution in [1.29, 1.82) is 5.26 Å². The van der Waals surface area contributed by atoms with E-state index in [1.54, 1.807) is 30.2 Å². The number of carbonyl (C=O) groups is 1. The first-order chi connectivity index (χ1) is 9.67. The van der Waals surface area contributed by atoms with Crippen molar-refractivity contribution in [2.24, 2.45) is 7.05 Å². The maximum atomic E-state index is 12.1. The Labute approximate surface area is 116 Å². The van der Waals surface area contributed by atoms with Crippen LogP contribution in [0.5, 0.6) is 0 Å². The van der Waals surface area contributed by atoms with Gasteiger partial charge in [0.05, 0.1) is 29.4 Å². The van der Waals surface area contributed by atoms with E-state index in [0.29, 0.717) is 11.1 Å². The molecule has 1 amide bonds. The van der Waals surface area contributed by atoms with Crippen LogP contribution in [0.3, 0.4) is 0 Å². The SMILES string of the molecule is Cn1cc(C(=O)NC2CCc3cc(C#N)ccc32)cn1. The average molecular weight is 266 g/mol. The van der Waals surface area contributed by atoms with E-state index >= 15 is 0 Å². The molecule has 5 nitrogen and oxygen atoms in total. The van der Waals surface area contributed by atoms with Crippen molar-refractivity contribution >= 4 is 5.91 Å². The molecule has 1 aromatic heterocycles. The van der Waals surface area contributed by atoms with Gasteiger partial charge in [0.2, 0.25) is 0 Å². The first kappa shape index (κ1) is 12.4. The normalized spacial score (nSPS) is 16.5. The van der Waals surface area contributed by atoms with Crippen LogP contribution in [0.2, 0.25) is 0 Å². The lowest BCUT2D eigenvalue weighted by Crippen LogP contribution is -2.26. The summed E-state index contributed by atoms with van der Waals surface area (Å²) in [6.45, 7) is 0. The zero-order valence-corrected chi connectivity index (χ0v) is 11.1. The van der Waals surface area contributed by atoms with E-state index in [2.05, 4.69) is 16.5 Å². The Balaban J connectivity index is 1.79. The van der Waals surface area contributed by atoms with Crippen LogP contribution in [0.1, 0.15) is 39.5 Å². The number of fused-ring (bicyclic) bond motifs is 1. The highest BCUT2D eigenvalue weighted by Crippen LogP contribution is 2.31. The topological polar surface area (TPSA) is 70.7 Å². The second-order valence-corrected chi connectivity index (χ2v) is 4.99. The summed E-state index contributed by atoms with van der Waals surface area (Å²) in [5, 5.41) is 15.9. The zero-order valence-electron chi connectivity index (χ0n) is 11.1. The molecule has 0 fully saturated rings. The van der Waals surface area contributed by atoms with E-state index in [1.165, 1.54) is 0 Å². The predicted molar refractivity (Wildman–Crippen MR) is 72.9 cm³/mol. The Hall–Kier alpha value is -2.61. The molecular weight excluding hydrogens is 252 g/mol. The van der Waals surface area contributed by atoms with Gasteiger partial charge in [-0.05, 0) is 36.1 Å². The van der Waals surface area contributed by atoms with E-state index in [1.807, 2.05) is 12.1 Å². The molecule has 1 N–H and O–H groups in total. The third-order valence-corrected chi connectivity index (χ3v) is 3.62. The Morgan fingerprint density at radius 2 is 2.40 bits per heavy atom. The van der Waals surface area contributed by atoms with Crippen LogP contribution < -0.4 is 5.32 Å². The second kappa shape index (κ2) is 4.82. The highest BCUT2D eigenvalue weighted by atomic mass is 16.1. The Morgan fingerprint density at radius 1 is 1.55 bits per heavy atom. The molecule has 1 aromatic carbocycles. The highest BCUT2D eigenvalue weighted by Gasteiger charge is 2.24. The fourth-order valence-electron chi connectivity index (χ4n) is 2.62. The van der Waals surface area contributed by atoms with Crippen LogP contribution in [0.15, 0.2) is 30.6 Å². The van der Waals surface area contributed by atoms with E-state index in [-0.39, 0.29) is 11.9 Å². The van der Waals surface area contributed by atoms with E-state index in [9.17, 15) is 4.79 Å². The Bertz CT molecular complexity index is 711. The summed E-state index contributed by atoms with van der Waals surface area (Å²) >= 11 is 0. The number of aromatic nitrogens is 2. The molecule has 0 radical (unpaired) electrons. The number of nitrogens with one attached hydrogen (secondary N) is 1. The minimum Gasteiger partial charge on any atom is -0.345 e. The fraction of sp³-hybridized carbons (Fsp3) is 0.267. The molecule has 1 unspecified atom stereocenters.